The van der Waals surface area contributed by atoms with Gasteiger partial charge in [-0.2, -0.15) is 0 Å². The first-order valence-electron chi connectivity index (χ1n) is 7.37. The van der Waals surface area contributed by atoms with Gasteiger partial charge in [-0.25, -0.2) is 0 Å². The van der Waals surface area contributed by atoms with Gasteiger partial charge in [0, 0.05) is 15.5 Å². The Morgan fingerprint density at radius 3 is 2.50 bits per heavy atom. The van der Waals surface area contributed by atoms with E-state index in [4.69, 9.17) is 4.74 Å². The van der Waals surface area contributed by atoms with Gasteiger partial charge in [0.05, 0.1) is 7.11 Å². The minimum atomic E-state index is -0.148. The number of carbonyl (C=O) groups excluding carboxylic acids is 1. The van der Waals surface area contributed by atoms with Crippen LogP contribution in [-0.4, -0.2) is 12.9 Å². The van der Waals surface area contributed by atoms with Gasteiger partial charge in [-0.15, -0.1) is 0 Å². The highest BCUT2D eigenvalue weighted by atomic mass is 79.9. The number of rotatable bonds is 5. The fourth-order valence-corrected chi connectivity index (χ4v) is 3.99. The highest BCUT2D eigenvalue weighted by molar-refractivity contribution is 9.10. The Kier molecular flexibility index (Phi) is 4.90. The average molecular weight is 339 g/mol. The smallest absolute Gasteiger partial charge is 0.170 e. The monoisotopic (exact) mass is 338 g/mol. The molecule has 20 heavy (non-hydrogen) atoms. The SMILES string of the molecule is COc1ccc(C(=O)C2(CC(C)C)CCCC2)c(Br)c1. The Balaban J connectivity index is 2.32. The minimum absolute atomic E-state index is 0.148. The van der Waals surface area contributed by atoms with Crippen molar-refractivity contribution in [1.82, 2.24) is 0 Å². The van der Waals surface area contributed by atoms with Crippen LogP contribution in [-0.2, 0) is 0 Å². The number of Topliss-reactive ketones (excluding diaryl/α,β-unsaturated/α-hetero) is 1. The molecule has 0 N–H and O–H groups in total. The number of benzene rings is 1. The van der Waals surface area contributed by atoms with E-state index in [9.17, 15) is 4.79 Å². The zero-order chi connectivity index (χ0) is 14.8. The molecule has 1 aliphatic rings. The third kappa shape index (κ3) is 3.08. The van der Waals surface area contributed by atoms with Crippen molar-refractivity contribution in [2.24, 2.45) is 11.3 Å². The van der Waals surface area contributed by atoms with Gasteiger partial charge in [0.25, 0.3) is 0 Å². The van der Waals surface area contributed by atoms with E-state index in [0.29, 0.717) is 11.7 Å². The van der Waals surface area contributed by atoms with Crippen molar-refractivity contribution in [3.8, 4) is 5.75 Å². The van der Waals surface area contributed by atoms with Crippen LogP contribution in [0, 0.1) is 11.3 Å². The normalized spacial score (nSPS) is 17.4. The van der Waals surface area contributed by atoms with Crippen molar-refractivity contribution in [2.75, 3.05) is 7.11 Å². The molecule has 0 unspecified atom stereocenters. The van der Waals surface area contributed by atoms with Crippen molar-refractivity contribution in [3.63, 3.8) is 0 Å². The maximum Gasteiger partial charge on any atom is 0.170 e. The van der Waals surface area contributed by atoms with E-state index in [0.717, 1.165) is 35.0 Å². The van der Waals surface area contributed by atoms with E-state index in [-0.39, 0.29) is 5.41 Å². The molecule has 0 bridgehead atoms. The van der Waals surface area contributed by atoms with Crippen molar-refractivity contribution in [3.05, 3.63) is 28.2 Å². The third-order valence-corrected chi connectivity index (χ3v) is 4.92. The maximum atomic E-state index is 13.1. The van der Waals surface area contributed by atoms with Crippen LogP contribution in [0.5, 0.6) is 5.75 Å². The predicted molar refractivity (Wildman–Crippen MR) is 85.4 cm³/mol. The number of methoxy groups -OCH3 is 1. The van der Waals surface area contributed by atoms with E-state index in [1.165, 1.54) is 12.8 Å². The van der Waals surface area contributed by atoms with Gasteiger partial charge < -0.3 is 4.74 Å². The van der Waals surface area contributed by atoms with E-state index in [1.807, 2.05) is 18.2 Å². The molecule has 1 saturated carbocycles. The van der Waals surface area contributed by atoms with Crippen molar-refractivity contribution < 1.29 is 9.53 Å². The lowest BCUT2D eigenvalue weighted by atomic mass is 9.73. The average Bonchev–Trinajstić information content (AvgIpc) is 2.86. The molecule has 1 aromatic rings. The van der Waals surface area contributed by atoms with Gasteiger partial charge in [-0.05, 0) is 59.3 Å². The maximum absolute atomic E-state index is 13.1. The highest BCUT2D eigenvalue weighted by Crippen LogP contribution is 2.46. The molecular weight excluding hydrogens is 316 g/mol. The van der Waals surface area contributed by atoms with E-state index >= 15 is 0 Å². The van der Waals surface area contributed by atoms with E-state index in [1.54, 1.807) is 7.11 Å². The largest absolute Gasteiger partial charge is 0.497 e. The minimum Gasteiger partial charge on any atom is -0.497 e. The summed E-state index contributed by atoms with van der Waals surface area (Å²) in [6.45, 7) is 4.41. The van der Waals surface area contributed by atoms with Crippen LogP contribution in [0.25, 0.3) is 0 Å². The van der Waals surface area contributed by atoms with Crippen LogP contribution in [0.4, 0.5) is 0 Å². The molecule has 0 radical (unpaired) electrons. The number of halogens is 1. The number of hydrogen-bond donors (Lipinski definition) is 0. The summed E-state index contributed by atoms with van der Waals surface area (Å²) in [6, 6.07) is 5.65. The Labute approximate surface area is 130 Å². The standard InChI is InChI=1S/C17H23BrO2/c1-12(2)11-17(8-4-5-9-17)16(19)14-7-6-13(20-3)10-15(14)18/h6-7,10,12H,4-5,8-9,11H2,1-3H3. The van der Waals surface area contributed by atoms with Gasteiger partial charge in [-0.1, -0.05) is 26.7 Å². The molecular formula is C17H23BrO2. The molecule has 1 aliphatic carbocycles. The van der Waals surface area contributed by atoms with Crippen LogP contribution >= 0.6 is 15.9 Å². The molecule has 0 spiro atoms. The molecule has 0 amide bonds. The molecule has 0 aliphatic heterocycles. The molecule has 0 saturated heterocycles. The molecule has 0 heterocycles. The topological polar surface area (TPSA) is 26.3 Å². The first kappa shape index (κ1) is 15.6. The summed E-state index contributed by atoms with van der Waals surface area (Å²) in [5.41, 5.74) is 0.652. The second-order valence-corrected chi connectivity index (χ2v) is 7.11. The van der Waals surface area contributed by atoms with Gasteiger partial charge >= 0.3 is 0 Å². The fourth-order valence-electron chi connectivity index (χ4n) is 3.45. The van der Waals surface area contributed by atoms with Gasteiger partial charge in [0.1, 0.15) is 5.75 Å². The number of ether oxygens (including phenoxy) is 1. The van der Waals surface area contributed by atoms with Crippen LogP contribution in [0.1, 0.15) is 56.3 Å². The highest BCUT2D eigenvalue weighted by Gasteiger charge is 2.42. The Bertz CT molecular complexity index is 488. The summed E-state index contributed by atoms with van der Waals surface area (Å²) in [7, 11) is 1.64. The number of hydrogen-bond acceptors (Lipinski definition) is 2. The first-order valence-corrected chi connectivity index (χ1v) is 8.16. The lowest BCUT2D eigenvalue weighted by Crippen LogP contribution is -2.30. The third-order valence-electron chi connectivity index (χ3n) is 4.26. The summed E-state index contributed by atoms with van der Waals surface area (Å²) >= 11 is 3.53. The zero-order valence-electron chi connectivity index (χ0n) is 12.5. The van der Waals surface area contributed by atoms with Crippen molar-refractivity contribution in [2.45, 2.75) is 46.0 Å². The van der Waals surface area contributed by atoms with Crippen LogP contribution < -0.4 is 4.74 Å². The lowest BCUT2D eigenvalue weighted by Gasteiger charge is -2.29. The second kappa shape index (κ2) is 6.30. The quantitative estimate of drug-likeness (QED) is 0.685. The molecule has 2 nitrogen and oxygen atoms in total. The molecule has 2 rings (SSSR count). The fraction of sp³-hybridized carbons (Fsp3) is 0.588. The molecule has 0 aromatic heterocycles. The van der Waals surface area contributed by atoms with Crippen molar-refractivity contribution in [1.29, 1.82) is 0 Å². The lowest BCUT2D eigenvalue weighted by molar-refractivity contribution is 0.0759. The van der Waals surface area contributed by atoms with Crippen LogP contribution in [0.3, 0.4) is 0 Å². The summed E-state index contributed by atoms with van der Waals surface area (Å²) in [5, 5.41) is 0. The van der Waals surface area contributed by atoms with Gasteiger partial charge in [-0.3, -0.25) is 4.79 Å². The molecule has 3 heteroatoms. The van der Waals surface area contributed by atoms with Crippen LogP contribution in [0.2, 0.25) is 0 Å². The predicted octanol–water partition coefficient (Wildman–Crippen LogP) is 5.25. The second-order valence-electron chi connectivity index (χ2n) is 6.26. The Morgan fingerprint density at radius 1 is 1.35 bits per heavy atom. The van der Waals surface area contributed by atoms with Crippen LogP contribution in [0.15, 0.2) is 22.7 Å². The molecule has 1 aromatic carbocycles. The summed E-state index contributed by atoms with van der Waals surface area (Å²) in [4.78, 5) is 13.1. The summed E-state index contributed by atoms with van der Waals surface area (Å²) < 4.78 is 6.05. The number of carbonyl (C=O) groups is 1. The summed E-state index contributed by atoms with van der Waals surface area (Å²) in [6.07, 6.45) is 5.40. The Morgan fingerprint density at radius 2 is 2.00 bits per heavy atom. The molecule has 110 valence electrons. The van der Waals surface area contributed by atoms with Crippen molar-refractivity contribution >= 4 is 21.7 Å². The number of ketones is 1. The zero-order valence-corrected chi connectivity index (χ0v) is 14.1. The van der Waals surface area contributed by atoms with Gasteiger partial charge in [0.2, 0.25) is 0 Å². The summed E-state index contributed by atoms with van der Waals surface area (Å²) in [5.74, 6) is 1.63. The first-order chi connectivity index (χ1) is 9.48. The van der Waals surface area contributed by atoms with E-state index < -0.39 is 0 Å². The molecule has 0 atom stereocenters. The van der Waals surface area contributed by atoms with Gasteiger partial charge in [0.15, 0.2) is 5.78 Å². The van der Waals surface area contributed by atoms with E-state index in [2.05, 4.69) is 29.8 Å². The Hall–Kier alpha value is -0.830. The molecule has 1 fully saturated rings.